The second-order valence-corrected chi connectivity index (χ2v) is 5.84. The lowest BCUT2D eigenvalue weighted by Crippen LogP contribution is -2.47. The van der Waals surface area contributed by atoms with Gasteiger partial charge in [0.1, 0.15) is 0 Å². The summed E-state index contributed by atoms with van der Waals surface area (Å²) in [6.45, 7) is 3.68. The molecule has 0 radical (unpaired) electrons. The minimum absolute atomic E-state index is 0.106. The van der Waals surface area contributed by atoms with E-state index in [1.54, 1.807) is 6.92 Å². The van der Waals surface area contributed by atoms with E-state index in [0.29, 0.717) is 19.6 Å². The average Bonchev–Trinajstić information content (AvgIpc) is 2.78. The standard InChI is InChI=1S/C16H20N2O2/c1-12(19)18-9-7-16(8-10-18)14(11-17-15(16)20)13-5-3-2-4-6-13/h2-6,14H,7-11H2,1H3,(H,17,20). The number of nitrogens with one attached hydrogen (secondary N) is 1. The largest absolute Gasteiger partial charge is 0.355 e. The van der Waals surface area contributed by atoms with Crippen molar-refractivity contribution in [3.05, 3.63) is 35.9 Å². The van der Waals surface area contributed by atoms with Crippen molar-refractivity contribution in [3.63, 3.8) is 0 Å². The zero-order chi connectivity index (χ0) is 14.2. The minimum atomic E-state index is -0.326. The molecule has 2 fully saturated rings. The van der Waals surface area contributed by atoms with E-state index in [9.17, 15) is 9.59 Å². The Kier molecular flexibility index (Phi) is 3.24. The Balaban J connectivity index is 1.86. The van der Waals surface area contributed by atoms with Crippen LogP contribution < -0.4 is 5.32 Å². The molecule has 1 aromatic carbocycles. The van der Waals surface area contributed by atoms with E-state index in [4.69, 9.17) is 0 Å². The summed E-state index contributed by atoms with van der Waals surface area (Å²) in [5.41, 5.74) is 0.898. The number of carbonyl (C=O) groups excluding carboxylic acids is 2. The van der Waals surface area contributed by atoms with Crippen molar-refractivity contribution in [2.45, 2.75) is 25.7 Å². The van der Waals surface area contributed by atoms with Crippen LogP contribution in [0.5, 0.6) is 0 Å². The number of hydrogen-bond acceptors (Lipinski definition) is 2. The summed E-state index contributed by atoms with van der Waals surface area (Å²) in [4.78, 5) is 25.7. The Labute approximate surface area is 119 Å². The number of piperidine rings is 1. The van der Waals surface area contributed by atoms with E-state index in [2.05, 4.69) is 17.4 Å². The van der Waals surface area contributed by atoms with Gasteiger partial charge in [-0.25, -0.2) is 0 Å². The lowest BCUT2D eigenvalue weighted by atomic mass is 9.68. The molecule has 3 rings (SSSR count). The monoisotopic (exact) mass is 272 g/mol. The maximum atomic E-state index is 12.4. The number of rotatable bonds is 1. The van der Waals surface area contributed by atoms with Crippen molar-refractivity contribution in [2.24, 2.45) is 5.41 Å². The van der Waals surface area contributed by atoms with E-state index in [1.165, 1.54) is 5.56 Å². The molecule has 1 atom stereocenters. The van der Waals surface area contributed by atoms with Gasteiger partial charge in [0.25, 0.3) is 0 Å². The van der Waals surface area contributed by atoms with Gasteiger partial charge in [-0.1, -0.05) is 30.3 Å². The van der Waals surface area contributed by atoms with Crippen LogP contribution in [0.3, 0.4) is 0 Å². The summed E-state index contributed by atoms with van der Waals surface area (Å²) in [6.07, 6.45) is 1.52. The molecule has 1 aromatic rings. The average molecular weight is 272 g/mol. The molecular formula is C16H20N2O2. The Hall–Kier alpha value is -1.84. The van der Waals surface area contributed by atoms with Crippen molar-refractivity contribution in [1.82, 2.24) is 10.2 Å². The molecule has 4 heteroatoms. The first-order chi connectivity index (χ1) is 9.63. The first-order valence-electron chi connectivity index (χ1n) is 7.22. The SMILES string of the molecule is CC(=O)N1CCC2(CC1)C(=O)NCC2c1ccccc1. The smallest absolute Gasteiger partial charge is 0.227 e. The number of amides is 2. The van der Waals surface area contributed by atoms with Crippen LogP contribution >= 0.6 is 0 Å². The first-order valence-corrected chi connectivity index (χ1v) is 7.22. The quantitative estimate of drug-likeness (QED) is 0.843. The van der Waals surface area contributed by atoms with Gasteiger partial charge in [-0.3, -0.25) is 9.59 Å². The van der Waals surface area contributed by atoms with Crippen LogP contribution in [0, 0.1) is 5.41 Å². The Morgan fingerprint density at radius 2 is 1.90 bits per heavy atom. The Bertz CT molecular complexity index is 519. The number of carbonyl (C=O) groups is 2. The molecule has 1 unspecified atom stereocenters. The van der Waals surface area contributed by atoms with Crippen LogP contribution in [0.25, 0.3) is 0 Å². The maximum absolute atomic E-state index is 12.4. The Morgan fingerprint density at radius 3 is 2.50 bits per heavy atom. The van der Waals surface area contributed by atoms with Crippen molar-refractivity contribution in [3.8, 4) is 0 Å². The fraction of sp³-hybridized carbons (Fsp3) is 0.500. The molecule has 2 saturated heterocycles. The zero-order valence-electron chi connectivity index (χ0n) is 11.8. The van der Waals surface area contributed by atoms with Crippen LogP contribution in [0.4, 0.5) is 0 Å². The number of nitrogens with zero attached hydrogens (tertiary/aromatic N) is 1. The highest BCUT2D eigenvalue weighted by atomic mass is 16.2. The van der Waals surface area contributed by atoms with Gasteiger partial charge >= 0.3 is 0 Å². The third-order valence-corrected chi connectivity index (χ3v) is 4.89. The molecule has 0 bridgehead atoms. The number of hydrogen-bond donors (Lipinski definition) is 1. The fourth-order valence-electron chi connectivity index (χ4n) is 3.64. The molecule has 2 heterocycles. The maximum Gasteiger partial charge on any atom is 0.227 e. The normalized spacial score (nSPS) is 24.8. The fourth-order valence-corrected chi connectivity index (χ4v) is 3.64. The first kappa shape index (κ1) is 13.2. The molecule has 2 aliphatic heterocycles. The summed E-state index contributed by atoms with van der Waals surface area (Å²) in [5.74, 6) is 0.495. The summed E-state index contributed by atoms with van der Waals surface area (Å²) in [5, 5.41) is 3.03. The summed E-state index contributed by atoms with van der Waals surface area (Å²) < 4.78 is 0. The van der Waals surface area contributed by atoms with E-state index in [0.717, 1.165) is 12.8 Å². The Morgan fingerprint density at radius 1 is 1.25 bits per heavy atom. The molecule has 0 aromatic heterocycles. The molecular weight excluding hydrogens is 252 g/mol. The van der Waals surface area contributed by atoms with Crippen LogP contribution in [0.1, 0.15) is 31.2 Å². The predicted molar refractivity (Wildman–Crippen MR) is 76.1 cm³/mol. The van der Waals surface area contributed by atoms with E-state index in [-0.39, 0.29) is 23.1 Å². The third kappa shape index (κ3) is 1.99. The lowest BCUT2D eigenvalue weighted by Gasteiger charge is -2.40. The molecule has 20 heavy (non-hydrogen) atoms. The summed E-state index contributed by atoms with van der Waals surface area (Å²) in [6, 6.07) is 10.2. The van der Waals surface area contributed by atoms with Gasteiger partial charge in [-0.2, -0.15) is 0 Å². The minimum Gasteiger partial charge on any atom is -0.355 e. The molecule has 0 aliphatic carbocycles. The summed E-state index contributed by atoms with van der Waals surface area (Å²) in [7, 11) is 0. The van der Waals surface area contributed by atoms with Gasteiger partial charge < -0.3 is 10.2 Å². The molecule has 1 spiro atoms. The zero-order valence-corrected chi connectivity index (χ0v) is 11.8. The highest BCUT2D eigenvalue weighted by Crippen LogP contribution is 2.47. The van der Waals surface area contributed by atoms with Gasteiger partial charge in [0.15, 0.2) is 0 Å². The van der Waals surface area contributed by atoms with Crippen molar-refractivity contribution in [2.75, 3.05) is 19.6 Å². The van der Waals surface area contributed by atoms with Gasteiger partial charge in [0.05, 0.1) is 5.41 Å². The molecule has 0 saturated carbocycles. The number of benzene rings is 1. The second-order valence-electron chi connectivity index (χ2n) is 5.84. The van der Waals surface area contributed by atoms with Crippen molar-refractivity contribution in [1.29, 1.82) is 0 Å². The highest BCUT2D eigenvalue weighted by Gasteiger charge is 2.52. The van der Waals surface area contributed by atoms with Crippen LogP contribution in [0.15, 0.2) is 30.3 Å². The van der Waals surface area contributed by atoms with Gasteiger partial charge in [-0.15, -0.1) is 0 Å². The molecule has 4 nitrogen and oxygen atoms in total. The lowest BCUT2D eigenvalue weighted by molar-refractivity contribution is -0.137. The topological polar surface area (TPSA) is 49.4 Å². The van der Waals surface area contributed by atoms with Gasteiger partial charge in [0, 0.05) is 32.5 Å². The number of likely N-dealkylation sites (tertiary alicyclic amines) is 1. The van der Waals surface area contributed by atoms with Crippen molar-refractivity contribution >= 4 is 11.8 Å². The van der Waals surface area contributed by atoms with E-state index < -0.39 is 0 Å². The summed E-state index contributed by atoms with van der Waals surface area (Å²) >= 11 is 0. The predicted octanol–water partition coefficient (Wildman–Crippen LogP) is 1.53. The molecule has 1 N–H and O–H groups in total. The van der Waals surface area contributed by atoms with E-state index in [1.807, 2.05) is 23.1 Å². The van der Waals surface area contributed by atoms with Gasteiger partial charge in [-0.05, 0) is 18.4 Å². The molecule has 2 aliphatic rings. The second kappa shape index (κ2) is 4.93. The highest BCUT2D eigenvalue weighted by molar-refractivity contribution is 5.87. The van der Waals surface area contributed by atoms with Gasteiger partial charge in [0.2, 0.25) is 11.8 Å². The molecule has 106 valence electrons. The third-order valence-electron chi connectivity index (χ3n) is 4.89. The van der Waals surface area contributed by atoms with E-state index >= 15 is 0 Å². The van der Waals surface area contributed by atoms with Crippen LogP contribution in [-0.4, -0.2) is 36.3 Å². The van der Waals surface area contributed by atoms with Crippen molar-refractivity contribution < 1.29 is 9.59 Å². The molecule has 2 amide bonds. The van der Waals surface area contributed by atoms with Crippen LogP contribution in [0.2, 0.25) is 0 Å². The van der Waals surface area contributed by atoms with Crippen LogP contribution in [-0.2, 0) is 9.59 Å².